The SMILES string of the molecule is COC(=O)C1CCC[C@H]1c1ncc(-c2ccc(Br)cc2)[nH]1. The second kappa shape index (κ2) is 6.02. The van der Waals surface area contributed by atoms with Gasteiger partial charge in [-0.05, 0) is 30.5 Å². The Balaban J connectivity index is 1.84. The van der Waals surface area contributed by atoms with E-state index < -0.39 is 0 Å². The molecule has 5 heteroatoms. The van der Waals surface area contributed by atoms with Crippen molar-refractivity contribution in [1.82, 2.24) is 9.97 Å². The molecule has 1 unspecified atom stereocenters. The van der Waals surface area contributed by atoms with Gasteiger partial charge < -0.3 is 9.72 Å². The Morgan fingerprint density at radius 2 is 2.10 bits per heavy atom. The average molecular weight is 349 g/mol. The molecule has 1 N–H and O–H groups in total. The molecule has 1 aromatic carbocycles. The number of benzene rings is 1. The number of hydrogen-bond donors (Lipinski definition) is 1. The highest BCUT2D eigenvalue weighted by Gasteiger charge is 2.36. The monoisotopic (exact) mass is 348 g/mol. The Morgan fingerprint density at radius 1 is 1.33 bits per heavy atom. The van der Waals surface area contributed by atoms with Crippen molar-refractivity contribution in [2.75, 3.05) is 7.11 Å². The third-order valence-electron chi connectivity index (χ3n) is 4.12. The number of imidazole rings is 1. The van der Waals surface area contributed by atoms with E-state index in [1.807, 2.05) is 30.5 Å². The van der Waals surface area contributed by atoms with Gasteiger partial charge in [0.25, 0.3) is 0 Å². The molecule has 2 aromatic rings. The number of halogens is 1. The van der Waals surface area contributed by atoms with Crippen LogP contribution in [0.4, 0.5) is 0 Å². The molecule has 0 saturated heterocycles. The molecule has 1 aliphatic rings. The van der Waals surface area contributed by atoms with Crippen molar-refractivity contribution < 1.29 is 9.53 Å². The summed E-state index contributed by atoms with van der Waals surface area (Å²) in [5.74, 6) is 0.834. The molecule has 4 nitrogen and oxygen atoms in total. The van der Waals surface area contributed by atoms with E-state index in [9.17, 15) is 4.79 Å². The van der Waals surface area contributed by atoms with E-state index in [2.05, 4.69) is 25.9 Å². The molecule has 3 rings (SSSR count). The van der Waals surface area contributed by atoms with Gasteiger partial charge in [-0.15, -0.1) is 0 Å². The van der Waals surface area contributed by atoms with Crippen molar-refractivity contribution in [2.24, 2.45) is 5.92 Å². The van der Waals surface area contributed by atoms with E-state index >= 15 is 0 Å². The van der Waals surface area contributed by atoms with Crippen LogP contribution < -0.4 is 0 Å². The van der Waals surface area contributed by atoms with Crippen LogP contribution in [0.15, 0.2) is 34.9 Å². The topological polar surface area (TPSA) is 55.0 Å². The molecule has 1 saturated carbocycles. The van der Waals surface area contributed by atoms with Gasteiger partial charge >= 0.3 is 5.97 Å². The highest BCUT2D eigenvalue weighted by Crippen LogP contribution is 2.39. The van der Waals surface area contributed by atoms with Crippen LogP contribution in [0.5, 0.6) is 0 Å². The highest BCUT2D eigenvalue weighted by molar-refractivity contribution is 9.10. The fourth-order valence-corrected chi connectivity index (χ4v) is 3.29. The lowest BCUT2D eigenvalue weighted by Crippen LogP contribution is -2.19. The summed E-state index contributed by atoms with van der Waals surface area (Å²) in [7, 11) is 1.45. The van der Waals surface area contributed by atoms with Crippen LogP contribution in [0.3, 0.4) is 0 Å². The van der Waals surface area contributed by atoms with Gasteiger partial charge in [0, 0.05) is 10.4 Å². The number of methoxy groups -OCH3 is 1. The molecule has 0 radical (unpaired) electrons. The molecule has 1 aromatic heterocycles. The quantitative estimate of drug-likeness (QED) is 0.856. The first kappa shape index (κ1) is 14.3. The standard InChI is InChI=1S/C16H17BrN2O2/c1-21-16(20)13-4-2-3-12(13)15-18-9-14(19-15)10-5-7-11(17)8-6-10/h5-9,12-13H,2-4H2,1H3,(H,18,19)/t12-,13?/m1/s1. The number of hydrogen-bond acceptors (Lipinski definition) is 3. The van der Waals surface area contributed by atoms with Gasteiger partial charge in [-0.1, -0.05) is 34.5 Å². The van der Waals surface area contributed by atoms with Crippen molar-refractivity contribution in [3.63, 3.8) is 0 Å². The van der Waals surface area contributed by atoms with Crippen molar-refractivity contribution in [3.05, 3.63) is 40.8 Å². The molecule has 1 fully saturated rings. The van der Waals surface area contributed by atoms with Gasteiger partial charge in [-0.25, -0.2) is 4.98 Å². The summed E-state index contributed by atoms with van der Waals surface area (Å²) in [5.41, 5.74) is 2.07. The number of esters is 1. The van der Waals surface area contributed by atoms with E-state index in [1.54, 1.807) is 0 Å². The van der Waals surface area contributed by atoms with E-state index in [4.69, 9.17) is 4.74 Å². The van der Waals surface area contributed by atoms with Crippen molar-refractivity contribution in [1.29, 1.82) is 0 Å². The Hall–Kier alpha value is -1.62. The molecular weight excluding hydrogens is 332 g/mol. The first-order valence-electron chi connectivity index (χ1n) is 7.07. The summed E-state index contributed by atoms with van der Waals surface area (Å²) >= 11 is 3.43. The van der Waals surface area contributed by atoms with Crippen LogP contribution in [-0.2, 0) is 9.53 Å². The number of nitrogens with zero attached hydrogens (tertiary/aromatic N) is 1. The molecule has 0 spiro atoms. The van der Waals surface area contributed by atoms with Crippen molar-refractivity contribution in [3.8, 4) is 11.3 Å². The zero-order valence-corrected chi connectivity index (χ0v) is 13.4. The van der Waals surface area contributed by atoms with E-state index in [0.717, 1.165) is 40.8 Å². The number of rotatable bonds is 3. The number of nitrogens with one attached hydrogen (secondary N) is 1. The zero-order chi connectivity index (χ0) is 14.8. The number of aromatic nitrogens is 2. The first-order valence-corrected chi connectivity index (χ1v) is 7.87. The predicted octanol–water partition coefficient (Wildman–Crippen LogP) is 3.90. The lowest BCUT2D eigenvalue weighted by molar-refractivity contribution is -0.145. The fourth-order valence-electron chi connectivity index (χ4n) is 3.02. The maximum absolute atomic E-state index is 11.8. The molecule has 1 aliphatic carbocycles. The Bertz CT molecular complexity index is 636. The largest absolute Gasteiger partial charge is 0.469 e. The smallest absolute Gasteiger partial charge is 0.309 e. The van der Waals surface area contributed by atoms with Crippen LogP contribution in [0, 0.1) is 5.92 Å². The van der Waals surface area contributed by atoms with Gasteiger partial charge in [0.2, 0.25) is 0 Å². The van der Waals surface area contributed by atoms with E-state index in [1.165, 1.54) is 7.11 Å². The Morgan fingerprint density at radius 3 is 2.81 bits per heavy atom. The lowest BCUT2D eigenvalue weighted by Gasteiger charge is -2.14. The number of H-pyrrole nitrogens is 1. The minimum Gasteiger partial charge on any atom is -0.469 e. The molecule has 1 heterocycles. The van der Waals surface area contributed by atoms with Gasteiger partial charge in [0.05, 0.1) is 24.9 Å². The van der Waals surface area contributed by atoms with Gasteiger partial charge in [-0.3, -0.25) is 4.79 Å². The second-order valence-corrected chi connectivity index (χ2v) is 6.27. The Kier molecular flexibility index (Phi) is 4.10. The summed E-state index contributed by atoms with van der Waals surface area (Å²) in [6, 6.07) is 8.08. The van der Waals surface area contributed by atoms with Crippen molar-refractivity contribution >= 4 is 21.9 Å². The minimum atomic E-state index is -0.126. The normalized spacial score (nSPS) is 21.4. The molecule has 0 aliphatic heterocycles. The summed E-state index contributed by atoms with van der Waals surface area (Å²) in [4.78, 5) is 19.7. The minimum absolute atomic E-state index is 0.0704. The van der Waals surface area contributed by atoms with E-state index in [0.29, 0.717) is 0 Å². The number of ether oxygens (including phenoxy) is 1. The van der Waals surface area contributed by atoms with Crippen LogP contribution in [0.25, 0.3) is 11.3 Å². The fraction of sp³-hybridized carbons (Fsp3) is 0.375. The molecule has 110 valence electrons. The second-order valence-electron chi connectivity index (χ2n) is 5.36. The zero-order valence-electron chi connectivity index (χ0n) is 11.8. The summed E-state index contributed by atoms with van der Waals surface area (Å²) < 4.78 is 5.95. The lowest BCUT2D eigenvalue weighted by atomic mass is 9.95. The summed E-state index contributed by atoms with van der Waals surface area (Å²) in [5, 5.41) is 0. The predicted molar refractivity (Wildman–Crippen MR) is 83.8 cm³/mol. The molecule has 0 bridgehead atoms. The number of aromatic amines is 1. The van der Waals surface area contributed by atoms with Gasteiger partial charge in [0.1, 0.15) is 5.82 Å². The van der Waals surface area contributed by atoms with Crippen LogP contribution in [0.1, 0.15) is 31.0 Å². The summed E-state index contributed by atoms with van der Waals surface area (Å²) in [6.07, 6.45) is 4.74. The van der Waals surface area contributed by atoms with E-state index in [-0.39, 0.29) is 17.8 Å². The average Bonchev–Trinajstić information content (AvgIpc) is 3.15. The first-order chi connectivity index (χ1) is 10.2. The molecule has 0 amide bonds. The summed E-state index contributed by atoms with van der Waals surface area (Å²) in [6.45, 7) is 0. The molecule has 21 heavy (non-hydrogen) atoms. The Labute approximate surface area is 132 Å². The van der Waals surface area contributed by atoms with Crippen LogP contribution in [0.2, 0.25) is 0 Å². The third kappa shape index (κ3) is 2.88. The highest BCUT2D eigenvalue weighted by atomic mass is 79.9. The number of carbonyl (C=O) groups excluding carboxylic acids is 1. The van der Waals surface area contributed by atoms with Crippen molar-refractivity contribution in [2.45, 2.75) is 25.2 Å². The van der Waals surface area contributed by atoms with Crippen LogP contribution >= 0.6 is 15.9 Å². The number of carbonyl (C=O) groups is 1. The molecule has 2 atom stereocenters. The maximum atomic E-state index is 11.8. The third-order valence-corrected chi connectivity index (χ3v) is 4.65. The van der Waals surface area contributed by atoms with Gasteiger partial charge in [0.15, 0.2) is 0 Å². The van der Waals surface area contributed by atoms with Crippen LogP contribution in [-0.4, -0.2) is 23.0 Å². The maximum Gasteiger partial charge on any atom is 0.309 e. The van der Waals surface area contributed by atoms with Gasteiger partial charge in [-0.2, -0.15) is 0 Å². The molecular formula is C16H17BrN2O2.